The molecule has 1 rings (SSSR count). The Labute approximate surface area is 162 Å². The number of hydrogen-bond donors (Lipinski definition) is 1. The number of carbonyl (C=O) groups is 4. The van der Waals surface area contributed by atoms with Crippen LogP contribution >= 0.6 is 24.4 Å². The molecule has 10 heteroatoms. The third-order valence-electron chi connectivity index (χ3n) is 3.50. The van der Waals surface area contributed by atoms with Crippen LogP contribution in [0.1, 0.15) is 27.2 Å². The van der Waals surface area contributed by atoms with Crippen molar-refractivity contribution in [3.63, 3.8) is 0 Å². The molecule has 1 aliphatic rings. The Morgan fingerprint density at radius 3 is 2.19 bits per heavy atom. The molecule has 1 fully saturated rings. The van der Waals surface area contributed by atoms with E-state index >= 15 is 0 Å². The number of thiol groups is 1. The lowest BCUT2D eigenvalue weighted by Gasteiger charge is -2.43. The zero-order valence-corrected chi connectivity index (χ0v) is 16.6. The van der Waals surface area contributed by atoms with Crippen molar-refractivity contribution in [3.8, 4) is 0 Å². The van der Waals surface area contributed by atoms with Crippen molar-refractivity contribution in [2.24, 2.45) is 5.92 Å². The van der Waals surface area contributed by atoms with Gasteiger partial charge in [0, 0.05) is 20.8 Å². The first-order valence-electron chi connectivity index (χ1n) is 8.11. The third kappa shape index (κ3) is 7.16. The standard InChI is InChI=1S/C16H24O8S2/c1-9(18)21-8-13-14(22-10(2)19)12(7-17)15(23-11(3)20)16(24-13)26-6-4-5-25/h7,12-16,25H,4-6,8H2,1-3H3. The summed E-state index contributed by atoms with van der Waals surface area (Å²) in [6.07, 6.45) is -1.44. The first kappa shape index (κ1) is 22.8. The molecular formula is C16H24O8S2. The van der Waals surface area contributed by atoms with Crippen LogP contribution in [0, 0.1) is 5.92 Å². The Morgan fingerprint density at radius 1 is 1.08 bits per heavy atom. The number of thioether (sulfide) groups is 1. The van der Waals surface area contributed by atoms with Gasteiger partial charge in [0.25, 0.3) is 0 Å². The monoisotopic (exact) mass is 408 g/mol. The number of carbonyl (C=O) groups excluding carboxylic acids is 4. The molecule has 148 valence electrons. The van der Waals surface area contributed by atoms with Gasteiger partial charge >= 0.3 is 17.9 Å². The summed E-state index contributed by atoms with van der Waals surface area (Å²) in [6.45, 7) is 3.47. The van der Waals surface area contributed by atoms with E-state index in [2.05, 4.69) is 12.6 Å². The van der Waals surface area contributed by atoms with E-state index in [9.17, 15) is 19.2 Å². The molecule has 1 heterocycles. The molecule has 8 nitrogen and oxygen atoms in total. The molecule has 0 amide bonds. The highest BCUT2D eigenvalue weighted by atomic mass is 32.2. The smallest absolute Gasteiger partial charge is 0.303 e. The fourth-order valence-electron chi connectivity index (χ4n) is 2.50. The molecule has 0 spiro atoms. The van der Waals surface area contributed by atoms with Crippen molar-refractivity contribution in [2.75, 3.05) is 18.1 Å². The van der Waals surface area contributed by atoms with Crippen molar-refractivity contribution < 1.29 is 38.1 Å². The Balaban J connectivity index is 3.08. The molecule has 1 aliphatic heterocycles. The van der Waals surface area contributed by atoms with E-state index in [4.69, 9.17) is 18.9 Å². The fraction of sp³-hybridized carbons (Fsp3) is 0.750. The minimum atomic E-state index is -1.03. The van der Waals surface area contributed by atoms with Crippen LogP contribution in [-0.2, 0) is 38.1 Å². The summed E-state index contributed by atoms with van der Waals surface area (Å²) in [5.74, 6) is -1.34. The molecular weight excluding hydrogens is 384 g/mol. The zero-order valence-electron chi connectivity index (χ0n) is 14.9. The van der Waals surface area contributed by atoms with Gasteiger partial charge in [-0.25, -0.2) is 0 Å². The van der Waals surface area contributed by atoms with Crippen LogP contribution in [0.2, 0.25) is 0 Å². The summed E-state index contributed by atoms with van der Waals surface area (Å²) < 4.78 is 21.4. The lowest BCUT2D eigenvalue weighted by molar-refractivity contribution is -0.210. The highest BCUT2D eigenvalue weighted by Crippen LogP contribution is 2.35. The van der Waals surface area contributed by atoms with Crippen LogP contribution in [0.5, 0.6) is 0 Å². The number of aldehydes is 1. The van der Waals surface area contributed by atoms with Crippen molar-refractivity contribution in [1.29, 1.82) is 0 Å². The Morgan fingerprint density at radius 2 is 1.69 bits per heavy atom. The second-order valence-electron chi connectivity index (χ2n) is 5.65. The lowest BCUT2D eigenvalue weighted by Crippen LogP contribution is -2.57. The van der Waals surface area contributed by atoms with Gasteiger partial charge in [0.1, 0.15) is 30.5 Å². The molecule has 0 aromatic carbocycles. The summed E-state index contributed by atoms with van der Waals surface area (Å²) in [4.78, 5) is 45.8. The van der Waals surface area contributed by atoms with Gasteiger partial charge in [-0.2, -0.15) is 12.6 Å². The molecule has 5 unspecified atom stereocenters. The molecule has 0 radical (unpaired) electrons. The minimum absolute atomic E-state index is 0.186. The molecule has 5 atom stereocenters. The van der Waals surface area contributed by atoms with Crippen molar-refractivity contribution in [1.82, 2.24) is 0 Å². The normalized spacial score (nSPS) is 28.1. The minimum Gasteiger partial charge on any atom is -0.463 e. The summed E-state index contributed by atoms with van der Waals surface area (Å²) in [6, 6.07) is 0. The van der Waals surface area contributed by atoms with Crippen LogP contribution in [-0.4, -0.2) is 66.1 Å². The number of esters is 3. The lowest BCUT2D eigenvalue weighted by atomic mass is 9.90. The van der Waals surface area contributed by atoms with E-state index in [1.54, 1.807) is 0 Å². The van der Waals surface area contributed by atoms with Gasteiger partial charge in [-0.1, -0.05) is 0 Å². The topological polar surface area (TPSA) is 105 Å². The molecule has 0 aromatic rings. The fourth-order valence-corrected chi connectivity index (χ4v) is 4.07. The zero-order chi connectivity index (χ0) is 19.7. The van der Waals surface area contributed by atoms with E-state index in [0.717, 1.165) is 6.42 Å². The summed E-state index contributed by atoms with van der Waals surface area (Å²) in [7, 11) is 0. The maximum absolute atomic E-state index is 11.7. The van der Waals surface area contributed by atoms with Crippen molar-refractivity contribution in [2.45, 2.75) is 50.9 Å². The van der Waals surface area contributed by atoms with Gasteiger partial charge in [-0.15, -0.1) is 11.8 Å². The van der Waals surface area contributed by atoms with Gasteiger partial charge in [-0.3, -0.25) is 14.4 Å². The predicted molar refractivity (Wildman–Crippen MR) is 96.9 cm³/mol. The van der Waals surface area contributed by atoms with Crippen LogP contribution in [0.15, 0.2) is 0 Å². The van der Waals surface area contributed by atoms with Crippen molar-refractivity contribution in [3.05, 3.63) is 0 Å². The quantitative estimate of drug-likeness (QED) is 0.197. The van der Waals surface area contributed by atoms with Crippen LogP contribution in [0.4, 0.5) is 0 Å². The highest BCUT2D eigenvalue weighted by Gasteiger charge is 2.50. The summed E-state index contributed by atoms with van der Waals surface area (Å²) in [5, 5.41) is 0. The van der Waals surface area contributed by atoms with E-state index in [0.29, 0.717) is 17.8 Å². The Bertz CT molecular complexity index is 512. The van der Waals surface area contributed by atoms with Crippen LogP contribution in [0.3, 0.4) is 0 Å². The molecule has 0 N–H and O–H groups in total. The maximum atomic E-state index is 11.7. The molecule has 1 saturated heterocycles. The van der Waals surface area contributed by atoms with Gasteiger partial charge in [-0.05, 0) is 17.9 Å². The maximum Gasteiger partial charge on any atom is 0.303 e. The highest BCUT2D eigenvalue weighted by molar-refractivity contribution is 7.99. The number of ether oxygens (including phenoxy) is 4. The number of hydrogen-bond acceptors (Lipinski definition) is 10. The average Bonchev–Trinajstić information content (AvgIpc) is 2.54. The van der Waals surface area contributed by atoms with Gasteiger partial charge < -0.3 is 23.7 Å². The third-order valence-corrected chi connectivity index (χ3v) is 5.05. The first-order chi connectivity index (χ1) is 12.3. The predicted octanol–water partition coefficient (Wildman–Crippen LogP) is 1.01. The molecule has 0 aromatic heterocycles. The van der Waals surface area contributed by atoms with Crippen LogP contribution in [0.25, 0.3) is 0 Å². The first-order valence-corrected chi connectivity index (χ1v) is 9.79. The van der Waals surface area contributed by atoms with E-state index < -0.39 is 47.6 Å². The molecule has 0 saturated carbocycles. The number of rotatable bonds is 9. The average molecular weight is 408 g/mol. The summed E-state index contributed by atoms with van der Waals surface area (Å²) in [5.41, 5.74) is -0.665. The van der Waals surface area contributed by atoms with Gasteiger partial charge in [0.15, 0.2) is 6.10 Å². The second kappa shape index (κ2) is 11.5. The van der Waals surface area contributed by atoms with E-state index in [-0.39, 0.29) is 6.61 Å². The van der Waals surface area contributed by atoms with E-state index in [1.807, 2.05) is 0 Å². The van der Waals surface area contributed by atoms with E-state index in [1.165, 1.54) is 32.5 Å². The second-order valence-corrected chi connectivity index (χ2v) is 7.31. The van der Waals surface area contributed by atoms with Crippen LogP contribution < -0.4 is 0 Å². The van der Waals surface area contributed by atoms with Gasteiger partial charge in [0.2, 0.25) is 0 Å². The Kier molecular flexibility index (Phi) is 10.0. The largest absolute Gasteiger partial charge is 0.463 e. The SMILES string of the molecule is CC(=O)OCC1OC(SCCCS)C(OC(C)=O)C(C=O)C1OC(C)=O. The molecule has 26 heavy (non-hydrogen) atoms. The molecule has 0 aliphatic carbocycles. The van der Waals surface area contributed by atoms with Crippen molar-refractivity contribution >= 4 is 48.6 Å². The van der Waals surface area contributed by atoms with Gasteiger partial charge in [0.05, 0.1) is 5.92 Å². The summed E-state index contributed by atoms with van der Waals surface area (Å²) >= 11 is 5.51. The molecule has 0 bridgehead atoms. The Hall–Kier alpha value is -1.26.